The highest BCUT2D eigenvalue weighted by Gasteiger charge is 2.20. The number of halogens is 2. The predicted octanol–water partition coefficient (Wildman–Crippen LogP) is 4.03. The molecule has 2 heterocycles. The van der Waals surface area contributed by atoms with Crippen LogP contribution in [0.1, 0.15) is 15.9 Å². The van der Waals surface area contributed by atoms with Crippen LogP contribution in [0, 0.1) is 11.6 Å². The second-order valence-electron chi connectivity index (χ2n) is 6.08. The van der Waals surface area contributed by atoms with Crippen LogP contribution in [-0.2, 0) is 0 Å². The first-order valence-corrected chi connectivity index (χ1v) is 8.39. The van der Waals surface area contributed by atoms with Crippen molar-refractivity contribution in [2.45, 2.75) is 0 Å². The molecule has 0 fully saturated rings. The Labute approximate surface area is 159 Å². The lowest BCUT2D eigenvalue weighted by molar-refractivity contribution is 0.103. The van der Waals surface area contributed by atoms with Gasteiger partial charge in [0.2, 0.25) is 0 Å². The first-order valence-electron chi connectivity index (χ1n) is 8.39. The molecule has 4 rings (SSSR count). The summed E-state index contributed by atoms with van der Waals surface area (Å²) in [5.74, 6) is -1.93. The summed E-state index contributed by atoms with van der Waals surface area (Å²) >= 11 is 0. The molecular weight excluding hydrogens is 362 g/mol. The number of carbonyl (C=O) groups is 1. The monoisotopic (exact) mass is 376 g/mol. The highest BCUT2D eigenvalue weighted by Crippen LogP contribution is 2.24. The lowest BCUT2D eigenvalue weighted by Crippen LogP contribution is -2.08. The summed E-state index contributed by atoms with van der Waals surface area (Å²) in [5.41, 5.74) is 8.03. The number of nitrogens with two attached hydrogens (primary N) is 1. The van der Waals surface area contributed by atoms with Gasteiger partial charge in [-0.1, -0.05) is 24.3 Å². The Balaban J connectivity index is 1.71. The number of hydrogen-bond donors (Lipinski definition) is 1. The second kappa shape index (κ2) is 7.03. The van der Waals surface area contributed by atoms with Crippen molar-refractivity contribution in [1.29, 1.82) is 0 Å². The fourth-order valence-electron chi connectivity index (χ4n) is 2.89. The number of pyridine rings is 1. The molecule has 0 amide bonds. The van der Waals surface area contributed by atoms with Gasteiger partial charge >= 0.3 is 0 Å². The maximum atomic E-state index is 14.0. The number of nitrogens with zero attached hydrogens (tertiary/aromatic N) is 3. The van der Waals surface area contributed by atoms with Crippen LogP contribution in [0.3, 0.4) is 0 Å². The number of rotatable bonds is 4. The number of carbonyl (C=O) groups excluding carboxylic acids is 1. The van der Waals surface area contributed by atoms with Gasteiger partial charge in [-0.05, 0) is 30.3 Å². The molecular formula is C21H14F2N4O. The van der Waals surface area contributed by atoms with Gasteiger partial charge in [-0.15, -0.1) is 0 Å². The van der Waals surface area contributed by atoms with Crippen molar-refractivity contribution >= 4 is 11.6 Å². The molecule has 0 saturated carbocycles. The summed E-state index contributed by atoms with van der Waals surface area (Å²) in [7, 11) is 0. The zero-order valence-electron chi connectivity index (χ0n) is 14.5. The van der Waals surface area contributed by atoms with Gasteiger partial charge in [-0.2, -0.15) is 5.10 Å². The highest BCUT2D eigenvalue weighted by molar-refractivity contribution is 6.12. The number of benzene rings is 2. The van der Waals surface area contributed by atoms with Crippen LogP contribution < -0.4 is 5.73 Å². The fourth-order valence-corrected chi connectivity index (χ4v) is 2.89. The second-order valence-corrected chi connectivity index (χ2v) is 6.08. The van der Waals surface area contributed by atoms with Crippen molar-refractivity contribution < 1.29 is 13.6 Å². The molecule has 0 aliphatic carbocycles. The van der Waals surface area contributed by atoms with Crippen LogP contribution in [0.15, 0.2) is 73.1 Å². The van der Waals surface area contributed by atoms with Gasteiger partial charge < -0.3 is 5.73 Å². The fraction of sp³-hybridized carbons (Fsp3) is 0. The van der Waals surface area contributed by atoms with Gasteiger partial charge in [0.25, 0.3) is 0 Å². The van der Waals surface area contributed by atoms with Gasteiger partial charge in [0, 0.05) is 23.4 Å². The van der Waals surface area contributed by atoms with Crippen molar-refractivity contribution in [3.05, 3.63) is 95.8 Å². The van der Waals surface area contributed by atoms with Crippen LogP contribution >= 0.6 is 0 Å². The Morgan fingerprint density at radius 1 is 1.00 bits per heavy atom. The van der Waals surface area contributed by atoms with E-state index in [4.69, 9.17) is 5.73 Å². The van der Waals surface area contributed by atoms with E-state index in [1.807, 2.05) is 24.3 Å². The summed E-state index contributed by atoms with van der Waals surface area (Å²) in [6, 6.07) is 15.5. The average molecular weight is 376 g/mol. The number of ketones is 1. The SMILES string of the molecule is Nc1c(C(=O)c2cccc(-c3ccccn3)c2)cnn1-c1ccc(F)cc1F. The van der Waals surface area contributed by atoms with Crippen molar-refractivity contribution in [3.63, 3.8) is 0 Å². The van der Waals surface area contributed by atoms with Gasteiger partial charge in [0.05, 0.1) is 17.5 Å². The standard InChI is InChI=1S/C21H14F2N4O/c22-15-7-8-19(17(23)11-15)27-21(24)16(12-26-27)20(28)14-5-3-4-13(10-14)18-6-1-2-9-25-18/h1-12H,24H2. The third kappa shape index (κ3) is 3.14. The molecule has 7 heteroatoms. The largest absolute Gasteiger partial charge is 0.383 e. The van der Waals surface area contributed by atoms with E-state index < -0.39 is 11.6 Å². The van der Waals surface area contributed by atoms with Crippen molar-refractivity contribution in [3.8, 4) is 16.9 Å². The minimum absolute atomic E-state index is 0.0289. The highest BCUT2D eigenvalue weighted by atomic mass is 19.1. The molecule has 0 atom stereocenters. The van der Waals surface area contributed by atoms with E-state index >= 15 is 0 Å². The first kappa shape index (κ1) is 17.5. The number of anilines is 1. The van der Waals surface area contributed by atoms with E-state index in [9.17, 15) is 13.6 Å². The molecule has 5 nitrogen and oxygen atoms in total. The van der Waals surface area contributed by atoms with Gasteiger partial charge in [0.15, 0.2) is 11.6 Å². The minimum atomic E-state index is -0.828. The van der Waals surface area contributed by atoms with Crippen molar-refractivity contribution in [1.82, 2.24) is 14.8 Å². The summed E-state index contributed by atoms with van der Waals surface area (Å²) in [6.45, 7) is 0. The van der Waals surface area contributed by atoms with Crippen LogP contribution in [0.2, 0.25) is 0 Å². The third-order valence-corrected chi connectivity index (χ3v) is 4.27. The Bertz CT molecular complexity index is 1170. The lowest BCUT2D eigenvalue weighted by atomic mass is 10.0. The average Bonchev–Trinajstić information content (AvgIpc) is 3.09. The topological polar surface area (TPSA) is 73.8 Å². The Morgan fingerprint density at radius 2 is 1.86 bits per heavy atom. The maximum absolute atomic E-state index is 14.0. The van der Waals surface area contributed by atoms with Crippen LogP contribution in [0.4, 0.5) is 14.6 Å². The Kier molecular flexibility index (Phi) is 4.41. The lowest BCUT2D eigenvalue weighted by Gasteiger charge is -2.07. The van der Waals surface area contributed by atoms with Gasteiger partial charge in [-0.25, -0.2) is 13.5 Å². The van der Waals surface area contributed by atoms with Crippen LogP contribution in [0.5, 0.6) is 0 Å². The number of hydrogen-bond acceptors (Lipinski definition) is 4. The van der Waals surface area contributed by atoms with Gasteiger partial charge in [0.1, 0.15) is 17.3 Å². The molecule has 28 heavy (non-hydrogen) atoms. The van der Waals surface area contributed by atoms with E-state index in [0.29, 0.717) is 5.56 Å². The zero-order chi connectivity index (χ0) is 19.7. The first-order chi connectivity index (χ1) is 13.5. The van der Waals surface area contributed by atoms with E-state index in [-0.39, 0.29) is 22.9 Å². The molecule has 138 valence electrons. The molecule has 2 N–H and O–H groups in total. The van der Waals surface area contributed by atoms with E-state index in [1.165, 1.54) is 12.3 Å². The van der Waals surface area contributed by atoms with Crippen molar-refractivity contribution in [2.24, 2.45) is 0 Å². The quantitative estimate of drug-likeness (QED) is 0.546. The van der Waals surface area contributed by atoms with E-state index in [2.05, 4.69) is 10.1 Å². The molecule has 0 aliphatic heterocycles. The maximum Gasteiger partial charge on any atom is 0.198 e. The normalized spacial score (nSPS) is 10.8. The zero-order valence-corrected chi connectivity index (χ0v) is 14.5. The molecule has 0 aliphatic rings. The van der Waals surface area contributed by atoms with Crippen LogP contribution in [0.25, 0.3) is 16.9 Å². The van der Waals surface area contributed by atoms with E-state index in [1.54, 1.807) is 24.4 Å². The Morgan fingerprint density at radius 3 is 2.61 bits per heavy atom. The summed E-state index contributed by atoms with van der Waals surface area (Å²) in [6.07, 6.45) is 2.94. The predicted molar refractivity (Wildman–Crippen MR) is 101 cm³/mol. The molecule has 0 spiro atoms. The molecule has 2 aromatic carbocycles. The molecule has 0 bridgehead atoms. The molecule has 2 aromatic heterocycles. The molecule has 0 unspecified atom stereocenters. The minimum Gasteiger partial charge on any atom is -0.383 e. The summed E-state index contributed by atoms with van der Waals surface area (Å²) in [4.78, 5) is 17.2. The Hall–Kier alpha value is -3.87. The number of aromatic nitrogens is 3. The summed E-state index contributed by atoms with van der Waals surface area (Å²) < 4.78 is 28.3. The summed E-state index contributed by atoms with van der Waals surface area (Å²) in [5, 5.41) is 4.00. The van der Waals surface area contributed by atoms with Crippen molar-refractivity contribution in [2.75, 3.05) is 5.73 Å². The molecule has 4 aromatic rings. The molecule has 0 saturated heterocycles. The van der Waals surface area contributed by atoms with Gasteiger partial charge in [-0.3, -0.25) is 9.78 Å². The third-order valence-electron chi connectivity index (χ3n) is 4.27. The van der Waals surface area contributed by atoms with Crippen LogP contribution in [-0.4, -0.2) is 20.5 Å². The number of nitrogen functional groups attached to an aromatic ring is 1. The van der Waals surface area contributed by atoms with E-state index in [0.717, 1.165) is 28.1 Å². The smallest absolute Gasteiger partial charge is 0.198 e. The molecule has 0 radical (unpaired) electrons.